The smallest absolute Gasteiger partial charge is 0.414 e. The van der Waals surface area contributed by atoms with Crippen molar-refractivity contribution in [1.82, 2.24) is 15.0 Å². The van der Waals surface area contributed by atoms with Crippen LogP contribution in [0.4, 0.5) is 10.7 Å². The van der Waals surface area contributed by atoms with Crippen LogP contribution in [0.2, 0.25) is 0 Å². The number of nitrogens with zero attached hydrogens (tertiary/aromatic N) is 4. The second-order valence-corrected chi connectivity index (χ2v) is 6.62. The van der Waals surface area contributed by atoms with Gasteiger partial charge in [0.05, 0.1) is 18.0 Å². The van der Waals surface area contributed by atoms with Crippen LogP contribution >= 0.6 is 0 Å². The number of carbonyl (C=O) groups is 1. The summed E-state index contributed by atoms with van der Waals surface area (Å²) in [5.41, 5.74) is 2.63. The number of carboxylic acid groups (broad SMARTS) is 1. The zero-order valence-corrected chi connectivity index (χ0v) is 15.6. The van der Waals surface area contributed by atoms with Gasteiger partial charge in [-0.15, -0.1) is 0 Å². The highest BCUT2D eigenvalue weighted by atomic mass is 16.5. The summed E-state index contributed by atoms with van der Waals surface area (Å²) in [5, 5.41) is 10.3. The van der Waals surface area contributed by atoms with E-state index in [1.807, 2.05) is 44.2 Å². The van der Waals surface area contributed by atoms with E-state index in [0.717, 1.165) is 22.9 Å². The maximum atomic E-state index is 11.7. The lowest BCUT2D eigenvalue weighted by Crippen LogP contribution is -2.32. The Balaban J connectivity index is 2.06. The molecular formula is C20H22N4O3. The Hall–Kier alpha value is -3.22. The number of methoxy groups -OCH3 is 1. The van der Waals surface area contributed by atoms with Crippen LogP contribution in [0.15, 0.2) is 42.7 Å². The van der Waals surface area contributed by atoms with E-state index < -0.39 is 6.09 Å². The highest BCUT2D eigenvalue weighted by Crippen LogP contribution is 2.30. The van der Waals surface area contributed by atoms with Crippen molar-refractivity contribution in [3.63, 3.8) is 0 Å². The lowest BCUT2D eigenvalue weighted by molar-refractivity contribution is 0.201. The molecule has 1 aromatic carbocycles. The minimum Gasteiger partial charge on any atom is -0.480 e. The van der Waals surface area contributed by atoms with Crippen LogP contribution in [0.1, 0.15) is 20.3 Å². The maximum Gasteiger partial charge on any atom is 0.414 e. The van der Waals surface area contributed by atoms with Crippen molar-refractivity contribution in [2.45, 2.75) is 20.3 Å². The highest BCUT2D eigenvalue weighted by Gasteiger charge is 2.20. The number of aromatic nitrogens is 3. The number of ether oxygens (including phenoxy) is 1. The van der Waals surface area contributed by atoms with Gasteiger partial charge in [-0.25, -0.2) is 14.7 Å². The lowest BCUT2D eigenvalue weighted by Gasteiger charge is -2.19. The van der Waals surface area contributed by atoms with Crippen molar-refractivity contribution < 1.29 is 14.6 Å². The molecule has 0 fully saturated rings. The summed E-state index contributed by atoms with van der Waals surface area (Å²) < 4.78 is 5.43. The number of anilines is 1. The predicted molar refractivity (Wildman–Crippen MR) is 104 cm³/mol. The van der Waals surface area contributed by atoms with Crippen LogP contribution in [-0.2, 0) is 0 Å². The summed E-state index contributed by atoms with van der Waals surface area (Å²) in [6, 6.07) is 9.56. The number of pyridine rings is 1. The van der Waals surface area contributed by atoms with Gasteiger partial charge in [-0.1, -0.05) is 19.9 Å². The van der Waals surface area contributed by atoms with Crippen molar-refractivity contribution >= 4 is 22.9 Å². The second-order valence-electron chi connectivity index (χ2n) is 6.62. The van der Waals surface area contributed by atoms with Gasteiger partial charge in [0.1, 0.15) is 0 Å². The molecule has 2 aromatic heterocycles. The predicted octanol–water partition coefficient (Wildman–Crippen LogP) is 4.23. The maximum absolute atomic E-state index is 11.7. The molecule has 0 bridgehead atoms. The van der Waals surface area contributed by atoms with Crippen molar-refractivity contribution in [3.8, 4) is 17.0 Å². The highest BCUT2D eigenvalue weighted by molar-refractivity contribution is 5.91. The number of hydrogen-bond acceptors (Lipinski definition) is 5. The van der Waals surface area contributed by atoms with E-state index in [1.54, 1.807) is 12.4 Å². The molecule has 0 atom stereocenters. The minimum absolute atomic E-state index is 0.129. The van der Waals surface area contributed by atoms with Crippen LogP contribution < -0.4 is 9.64 Å². The van der Waals surface area contributed by atoms with E-state index in [2.05, 4.69) is 15.0 Å². The van der Waals surface area contributed by atoms with Gasteiger partial charge in [-0.2, -0.15) is 4.98 Å². The molecule has 0 saturated carbocycles. The van der Waals surface area contributed by atoms with Crippen LogP contribution in [0.5, 0.6) is 5.88 Å². The van der Waals surface area contributed by atoms with Gasteiger partial charge in [0.2, 0.25) is 11.8 Å². The molecular weight excluding hydrogens is 344 g/mol. The topological polar surface area (TPSA) is 88.4 Å². The van der Waals surface area contributed by atoms with Crippen molar-refractivity contribution in [2.75, 3.05) is 18.6 Å². The zero-order valence-electron chi connectivity index (χ0n) is 15.6. The summed E-state index contributed by atoms with van der Waals surface area (Å²) in [6.07, 6.45) is 3.10. The van der Waals surface area contributed by atoms with Gasteiger partial charge >= 0.3 is 6.09 Å². The number of benzene rings is 1. The van der Waals surface area contributed by atoms with E-state index in [-0.39, 0.29) is 5.95 Å². The van der Waals surface area contributed by atoms with Crippen LogP contribution in [0.25, 0.3) is 22.0 Å². The van der Waals surface area contributed by atoms with Gasteiger partial charge < -0.3 is 9.84 Å². The third kappa shape index (κ3) is 4.13. The quantitative estimate of drug-likeness (QED) is 0.702. The molecule has 0 aliphatic heterocycles. The molecule has 1 amide bonds. The Morgan fingerprint density at radius 2 is 1.89 bits per heavy atom. The standard InChI is InChI=1S/C20H22N4O3/c1-13(2)8-11-24(20(25)26)19-22-17-5-4-15(14-6-9-21-10-7-14)12-16(17)18(23-19)27-3/h4-7,9-10,12-13H,8,11H2,1-3H3,(H,25,26). The Morgan fingerprint density at radius 3 is 2.52 bits per heavy atom. The Bertz CT molecular complexity index is 945. The van der Waals surface area contributed by atoms with Gasteiger partial charge in [-0.3, -0.25) is 4.98 Å². The van der Waals surface area contributed by atoms with Crippen molar-refractivity contribution in [2.24, 2.45) is 5.92 Å². The first kappa shape index (κ1) is 18.6. The largest absolute Gasteiger partial charge is 0.480 e. The Kier molecular flexibility index (Phi) is 5.49. The number of amides is 1. The average molecular weight is 366 g/mol. The van der Waals surface area contributed by atoms with Crippen LogP contribution in [0, 0.1) is 5.92 Å². The third-order valence-corrected chi connectivity index (χ3v) is 4.26. The summed E-state index contributed by atoms with van der Waals surface area (Å²) in [7, 11) is 1.52. The lowest BCUT2D eigenvalue weighted by atomic mass is 10.1. The molecule has 0 aliphatic rings. The molecule has 0 radical (unpaired) electrons. The van der Waals surface area contributed by atoms with Crippen molar-refractivity contribution in [1.29, 1.82) is 0 Å². The average Bonchev–Trinajstić information content (AvgIpc) is 2.67. The van der Waals surface area contributed by atoms with Gasteiger partial charge in [0.15, 0.2) is 0 Å². The molecule has 7 heteroatoms. The monoisotopic (exact) mass is 366 g/mol. The second kappa shape index (κ2) is 7.99. The van der Waals surface area contributed by atoms with Gasteiger partial charge in [0, 0.05) is 18.9 Å². The fourth-order valence-corrected chi connectivity index (χ4v) is 2.76. The van der Waals surface area contributed by atoms with E-state index in [1.165, 1.54) is 12.0 Å². The molecule has 0 saturated heterocycles. The molecule has 0 unspecified atom stereocenters. The minimum atomic E-state index is -1.08. The Morgan fingerprint density at radius 1 is 1.15 bits per heavy atom. The first-order valence-electron chi connectivity index (χ1n) is 8.76. The number of hydrogen-bond donors (Lipinski definition) is 1. The molecule has 1 N–H and O–H groups in total. The fraction of sp³-hybridized carbons (Fsp3) is 0.300. The summed E-state index contributed by atoms with van der Waals surface area (Å²) >= 11 is 0. The SMILES string of the molecule is COc1nc(N(CCC(C)C)C(=O)O)nc2ccc(-c3ccncc3)cc12. The molecule has 0 spiro atoms. The third-order valence-electron chi connectivity index (χ3n) is 4.26. The normalized spacial score (nSPS) is 11.0. The molecule has 3 rings (SSSR count). The molecule has 2 heterocycles. The first-order chi connectivity index (χ1) is 13.0. The summed E-state index contributed by atoms with van der Waals surface area (Å²) in [6.45, 7) is 4.42. The molecule has 0 aliphatic carbocycles. The summed E-state index contributed by atoms with van der Waals surface area (Å²) in [4.78, 5) is 25.7. The Labute approximate surface area is 157 Å². The van der Waals surface area contributed by atoms with E-state index in [9.17, 15) is 9.90 Å². The number of rotatable bonds is 6. The van der Waals surface area contributed by atoms with Gasteiger partial charge in [0.25, 0.3) is 0 Å². The van der Waals surface area contributed by atoms with E-state index in [0.29, 0.717) is 23.9 Å². The fourth-order valence-electron chi connectivity index (χ4n) is 2.76. The molecule has 7 nitrogen and oxygen atoms in total. The van der Waals surface area contributed by atoms with Crippen molar-refractivity contribution in [3.05, 3.63) is 42.7 Å². The van der Waals surface area contributed by atoms with Crippen LogP contribution in [0.3, 0.4) is 0 Å². The zero-order chi connectivity index (χ0) is 19.4. The van der Waals surface area contributed by atoms with Gasteiger partial charge in [-0.05, 0) is 47.7 Å². The van der Waals surface area contributed by atoms with Crippen LogP contribution in [-0.4, -0.2) is 39.8 Å². The number of fused-ring (bicyclic) bond motifs is 1. The molecule has 140 valence electrons. The molecule has 27 heavy (non-hydrogen) atoms. The van der Waals surface area contributed by atoms with E-state index >= 15 is 0 Å². The molecule has 3 aromatic rings. The van der Waals surface area contributed by atoms with E-state index in [4.69, 9.17) is 4.74 Å². The first-order valence-corrected chi connectivity index (χ1v) is 8.76. The summed E-state index contributed by atoms with van der Waals surface area (Å²) in [5.74, 6) is 0.850.